The first-order valence-electron chi connectivity index (χ1n) is 9.64. The van der Waals surface area contributed by atoms with Crippen LogP contribution in [-0.2, 0) is 6.54 Å². The van der Waals surface area contributed by atoms with Crippen molar-refractivity contribution in [1.82, 2.24) is 4.98 Å². The molecule has 0 fully saturated rings. The molecule has 0 amide bonds. The van der Waals surface area contributed by atoms with Crippen molar-refractivity contribution in [2.45, 2.75) is 6.54 Å². The molecule has 29 heavy (non-hydrogen) atoms. The van der Waals surface area contributed by atoms with Crippen LogP contribution in [0.25, 0.3) is 21.5 Å². The molecule has 138 valence electrons. The highest BCUT2D eigenvalue weighted by atomic mass is 16.1. The van der Waals surface area contributed by atoms with Gasteiger partial charge in [-0.05, 0) is 27.6 Å². The minimum absolute atomic E-state index is 0.0120. The molecule has 5 rings (SSSR count). The van der Waals surface area contributed by atoms with Crippen molar-refractivity contribution in [3.05, 3.63) is 120 Å². The smallest absolute Gasteiger partial charge is 0.272 e. The Morgan fingerprint density at radius 2 is 1.41 bits per heavy atom. The maximum atomic E-state index is 13.8. The van der Waals surface area contributed by atoms with Crippen LogP contribution < -0.4 is 4.57 Å². The Hall–Kier alpha value is -3.85. The Bertz CT molecular complexity index is 1290. The largest absolute Gasteiger partial charge is 0.282 e. The maximum Gasteiger partial charge on any atom is 0.272 e. The van der Waals surface area contributed by atoms with Gasteiger partial charge in [-0.1, -0.05) is 78.9 Å². The SMILES string of the molecule is O=C(c1c2ccccc2cc2ccccc12)c1cncc[n+]1Cc1ccccc1. The number of nitrogens with zero attached hydrogens (tertiary/aromatic N) is 2. The number of aromatic nitrogens is 2. The molecular formula is C26H19N2O+. The first-order chi connectivity index (χ1) is 14.3. The van der Waals surface area contributed by atoms with Crippen molar-refractivity contribution >= 4 is 27.3 Å². The summed E-state index contributed by atoms with van der Waals surface area (Å²) in [6.45, 7) is 0.618. The molecule has 0 atom stereocenters. The summed E-state index contributed by atoms with van der Waals surface area (Å²) in [5.74, 6) is -0.0120. The van der Waals surface area contributed by atoms with E-state index >= 15 is 0 Å². The van der Waals surface area contributed by atoms with Crippen molar-refractivity contribution in [2.75, 3.05) is 0 Å². The van der Waals surface area contributed by atoms with Gasteiger partial charge in [0.25, 0.3) is 11.5 Å². The van der Waals surface area contributed by atoms with E-state index < -0.39 is 0 Å². The van der Waals surface area contributed by atoms with Crippen molar-refractivity contribution in [1.29, 1.82) is 0 Å². The molecule has 0 bridgehead atoms. The lowest BCUT2D eigenvalue weighted by atomic mass is 9.93. The second kappa shape index (κ2) is 7.28. The Kier molecular flexibility index (Phi) is 4.34. The molecule has 0 radical (unpaired) electrons. The van der Waals surface area contributed by atoms with Gasteiger partial charge < -0.3 is 0 Å². The Labute approximate surface area is 168 Å². The standard InChI is InChI=1S/C26H19N2O/c29-26(24-17-27-14-15-28(24)18-19-8-2-1-3-9-19)25-22-12-6-4-10-20(22)16-21-11-5-7-13-23(21)25/h1-17H,18H2/q+1. The number of fused-ring (bicyclic) bond motifs is 2. The van der Waals surface area contributed by atoms with Crippen LogP contribution in [0.1, 0.15) is 21.6 Å². The predicted octanol–water partition coefficient (Wildman–Crippen LogP) is 4.95. The quantitative estimate of drug-likeness (QED) is 0.253. The third-order valence-corrected chi connectivity index (χ3v) is 5.27. The molecule has 3 heteroatoms. The van der Waals surface area contributed by atoms with Crippen LogP contribution in [0.15, 0.2) is 104 Å². The number of hydrogen-bond donors (Lipinski definition) is 0. The molecule has 0 aliphatic rings. The fourth-order valence-electron chi connectivity index (χ4n) is 3.88. The summed E-state index contributed by atoms with van der Waals surface area (Å²) in [5.41, 5.74) is 2.45. The van der Waals surface area contributed by atoms with Crippen LogP contribution in [0.4, 0.5) is 0 Å². The molecule has 0 saturated heterocycles. The van der Waals surface area contributed by atoms with E-state index in [-0.39, 0.29) is 5.78 Å². The van der Waals surface area contributed by atoms with Crippen LogP contribution in [0.3, 0.4) is 0 Å². The van der Waals surface area contributed by atoms with Gasteiger partial charge in [0.2, 0.25) is 0 Å². The zero-order chi connectivity index (χ0) is 19.6. The highest BCUT2D eigenvalue weighted by Crippen LogP contribution is 2.29. The van der Waals surface area contributed by atoms with Crippen LogP contribution in [0, 0.1) is 0 Å². The minimum atomic E-state index is -0.0120. The maximum absolute atomic E-state index is 13.8. The zero-order valence-electron chi connectivity index (χ0n) is 15.8. The fraction of sp³-hybridized carbons (Fsp3) is 0.0385. The first-order valence-corrected chi connectivity index (χ1v) is 9.64. The summed E-state index contributed by atoms with van der Waals surface area (Å²) in [6, 6.07) is 28.4. The van der Waals surface area contributed by atoms with E-state index in [4.69, 9.17) is 0 Å². The molecule has 0 saturated carbocycles. The Morgan fingerprint density at radius 1 is 0.793 bits per heavy atom. The molecule has 0 aliphatic heterocycles. The van der Waals surface area contributed by atoms with Gasteiger partial charge in [0.1, 0.15) is 6.20 Å². The van der Waals surface area contributed by atoms with Gasteiger partial charge in [0.15, 0.2) is 12.7 Å². The molecule has 0 N–H and O–H groups in total. The molecule has 4 aromatic carbocycles. The average Bonchev–Trinajstić information content (AvgIpc) is 2.78. The highest BCUT2D eigenvalue weighted by Gasteiger charge is 2.25. The predicted molar refractivity (Wildman–Crippen MR) is 115 cm³/mol. The van der Waals surface area contributed by atoms with Crippen LogP contribution in [0.2, 0.25) is 0 Å². The third-order valence-electron chi connectivity index (χ3n) is 5.27. The van der Waals surface area contributed by atoms with Gasteiger partial charge in [0, 0.05) is 11.1 Å². The van der Waals surface area contributed by atoms with Crippen molar-refractivity contribution in [3.8, 4) is 0 Å². The average molecular weight is 375 g/mol. The number of carbonyl (C=O) groups is 1. The molecule has 1 heterocycles. The summed E-state index contributed by atoms with van der Waals surface area (Å²) >= 11 is 0. The van der Waals surface area contributed by atoms with E-state index in [9.17, 15) is 4.79 Å². The van der Waals surface area contributed by atoms with Crippen LogP contribution in [0.5, 0.6) is 0 Å². The van der Waals surface area contributed by atoms with E-state index in [2.05, 4.69) is 35.3 Å². The molecule has 0 unspecified atom stereocenters. The molecule has 0 aliphatic carbocycles. The number of rotatable bonds is 4. The van der Waals surface area contributed by atoms with Gasteiger partial charge in [-0.15, -0.1) is 0 Å². The fourth-order valence-corrected chi connectivity index (χ4v) is 3.88. The number of carbonyl (C=O) groups excluding carboxylic acids is 1. The lowest BCUT2D eigenvalue weighted by Crippen LogP contribution is -2.41. The van der Waals surface area contributed by atoms with Crippen LogP contribution >= 0.6 is 0 Å². The minimum Gasteiger partial charge on any atom is -0.282 e. The molecule has 0 spiro atoms. The zero-order valence-corrected chi connectivity index (χ0v) is 15.8. The highest BCUT2D eigenvalue weighted by molar-refractivity contribution is 6.23. The second-order valence-electron chi connectivity index (χ2n) is 7.10. The summed E-state index contributed by atoms with van der Waals surface area (Å²) in [7, 11) is 0. The summed E-state index contributed by atoms with van der Waals surface area (Å²) < 4.78 is 1.97. The lowest BCUT2D eigenvalue weighted by molar-refractivity contribution is -0.690. The summed E-state index contributed by atoms with van der Waals surface area (Å²) in [6.07, 6.45) is 5.26. The third kappa shape index (κ3) is 3.17. The topological polar surface area (TPSA) is 33.8 Å². The number of hydrogen-bond acceptors (Lipinski definition) is 2. The van der Waals surface area contributed by atoms with E-state index in [0.717, 1.165) is 32.7 Å². The summed E-state index contributed by atoms with van der Waals surface area (Å²) in [5, 5.41) is 4.05. The van der Waals surface area contributed by atoms with E-state index in [1.54, 1.807) is 12.4 Å². The molecule has 1 aromatic heterocycles. The van der Waals surface area contributed by atoms with Gasteiger partial charge in [-0.25, -0.2) is 0 Å². The molecule has 3 nitrogen and oxygen atoms in total. The van der Waals surface area contributed by atoms with E-state index in [1.165, 1.54) is 0 Å². The van der Waals surface area contributed by atoms with Crippen molar-refractivity contribution < 1.29 is 9.36 Å². The molecule has 5 aromatic rings. The van der Waals surface area contributed by atoms with Gasteiger partial charge in [0.05, 0.1) is 6.20 Å². The lowest BCUT2D eigenvalue weighted by Gasteiger charge is -2.10. The Morgan fingerprint density at radius 3 is 2.10 bits per heavy atom. The van der Waals surface area contributed by atoms with Gasteiger partial charge in [-0.2, -0.15) is 4.57 Å². The number of ketones is 1. The van der Waals surface area contributed by atoms with E-state index in [0.29, 0.717) is 12.2 Å². The Balaban J connectivity index is 1.71. The van der Waals surface area contributed by atoms with E-state index in [1.807, 2.05) is 65.4 Å². The monoisotopic (exact) mass is 375 g/mol. The molecular weight excluding hydrogens is 356 g/mol. The first kappa shape index (κ1) is 17.3. The van der Waals surface area contributed by atoms with Gasteiger partial charge in [-0.3, -0.25) is 9.78 Å². The van der Waals surface area contributed by atoms with Crippen LogP contribution in [-0.4, -0.2) is 10.8 Å². The number of benzene rings is 4. The van der Waals surface area contributed by atoms with Crippen molar-refractivity contribution in [2.24, 2.45) is 0 Å². The summed E-state index contributed by atoms with van der Waals surface area (Å²) in [4.78, 5) is 18.1. The van der Waals surface area contributed by atoms with Crippen molar-refractivity contribution in [3.63, 3.8) is 0 Å². The second-order valence-corrected chi connectivity index (χ2v) is 7.10. The normalized spacial score (nSPS) is 11.0. The van der Waals surface area contributed by atoms with Gasteiger partial charge >= 0.3 is 0 Å².